The fourth-order valence-corrected chi connectivity index (χ4v) is 4.12. The smallest absolute Gasteiger partial charge is 0.268 e. The molecule has 0 aliphatic heterocycles. The molecule has 0 bridgehead atoms. The van der Waals surface area contributed by atoms with Gasteiger partial charge >= 0.3 is 0 Å². The molecule has 2 aromatic heterocycles. The van der Waals surface area contributed by atoms with Crippen molar-refractivity contribution in [1.29, 1.82) is 0 Å². The predicted molar refractivity (Wildman–Crippen MR) is 151 cm³/mol. The molecule has 0 aliphatic rings. The van der Waals surface area contributed by atoms with Gasteiger partial charge in [0.15, 0.2) is 0 Å². The van der Waals surface area contributed by atoms with Crippen LogP contribution >= 0.6 is 0 Å². The van der Waals surface area contributed by atoms with Crippen LogP contribution in [0.15, 0.2) is 103 Å². The lowest BCUT2D eigenvalue weighted by Gasteiger charge is -2.16. The number of ether oxygens (including phenoxy) is 1. The monoisotopic (exact) mass is 519 g/mol. The zero-order chi connectivity index (χ0) is 27.0. The number of aromatic amines is 1. The molecule has 196 valence electrons. The van der Waals surface area contributed by atoms with Gasteiger partial charge in [0.05, 0.1) is 18.3 Å². The number of anilines is 2. The molecule has 0 aliphatic carbocycles. The van der Waals surface area contributed by atoms with Crippen molar-refractivity contribution in [3.05, 3.63) is 126 Å². The molecular formula is C31H29N5O3. The lowest BCUT2D eigenvalue weighted by molar-refractivity contribution is 0.0911. The van der Waals surface area contributed by atoms with Crippen molar-refractivity contribution in [2.45, 2.75) is 19.6 Å². The molecule has 5 rings (SSSR count). The summed E-state index contributed by atoms with van der Waals surface area (Å²) in [6, 6.07) is 28.2. The van der Waals surface area contributed by atoms with E-state index in [2.05, 4.69) is 25.6 Å². The summed E-state index contributed by atoms with van der Waals surface area (Å²) in [5.41, 5.74) is 5.46. The fraction of sp³-hybridized carbons (Fsp3) is 0.129. The number of aromatic nitrogens is 3. The van der Waals surface area contributed by atoms with E-state index in [0.29, 0.717) is 23.9 Å². The maximum Gasteiger partial charge on any atom is 0.268 e. The zero-order valence-electron chi connectivity index (χ0n) is 21.5. The largest absolute Gasteiger partial charge is 0.489 e. The summed E-state index contributed by atoms with van der Waals surface area (Å²) in [5.74, 6) is 0.887. The molecule has 0 radical (unpaired) electrons. The van der Waals surface area contributed by atoms with Gasteiger partial charge in [-0.2, -0.15) is 0 Å². The first-order chi connectivity index (χ1) is 19.1. The first-order valence-corrected chi connectivity index (χ1v) is 12.6. The van der Waals surface area contributed by atoms with Gasteiger partial charge in [-0.05, 0) is 53.9 Å². The Labute approximate surface area is 226 Å². The number of aryl methyl sites for hydroxylation is 1. The van der Waals surface area contributed by atoms with Crippen molar-refractivity contribution in [3.63, 3.8) is 0 Å². The van der Waals surface area contributed by atoms with Crippen LogP contribution < -0.4 is 15.4 Å². The van der Waals surface area contributed by atoms with E-state index in [0.717, 1.165) is 33.7 Å². The Hall–Kier alpha value is -4.95. The molecule has 1 unspecified atom stereocenters. The number of nitrogens with zero attached hydrogens (tertiary/aromatic N) is 2. The molecular weight excluding hydrogens is 490 g/mol. The van der Waals surface area contributed by atoms with Gasteiger partial charge in [-0.1, -0.05) is 60.7 Å². The zero-order valence-corrected chi connectivity index (χ0v) is 21.5. The number of H-pyrrole nitrogens is 1. The van der Waals surface area contributed by atoms with Crippen LogP contribution in [0.3, 0.4) is 0 Å². The minimum Gasteiger partial charge on any atom is -0.489 e. The molecule has 0 saturated heterocycles. The van der Waals surface area contributed by atoms with Crippen molar-refractivity contribution in [1.82, 2.24) is 20.3 Å². The number of carbonyl (C=O) groups excluding carboxylic acids is 1. The number of hydrogen-bond donors (Lipinski definition) is 4. The lowest BCUT2D eigenvalue weighted by Crippen LogP contribution is -2.30. The highest BCUT2D eigenvalue weighted by Crippen LogP contribution is 2.25. The predicted octanol–water partition coefficient (Wildman–Crippen LogP) is 5.57. The third-order valence-corrected chi connectivity index (χ3v) is 6.22. The van der Waals surface area contributed by atoms with Crippen LogP contribution in [0, 0.1) is 6.92 Å². The second-order valence-corrected chi connectivity index (χ2v) is 9.07. The minimum absolute atomic E-state index is 0.205. The Morgan fingerprint density at radius 3 is 2.44 bits per heavy atom. The number of aliphatic hydroxyl groups is 1. The maximum atomic E-state index is 12.9. The van der Waals surface area contributed by atoms with Crippen molar-refractivity contribution in [2.75, 3.05) is 11.9 Å². The number of carbonyl (C=O) groups is 1. The molecule has 5 aromatic rings. The molecule has 0 saturated carbocycles. The van der Waals surface area contributed by atoms with Gasteiger partial charge in [-0.3, -0.25) is 4.79 Å². The van der Waals surface area contributed by atoms with E-state index in [4.69, 9.17) is 4.74 Å². The van der Waals surface area contributed by atoms with Crippen LogP contribution in [-0.2, 0) is 6.61 Å². The van der Waals surface area contributed by atoms with Gasteiger partial charge in [0.25, 0.3) is 5.91 Å². The van der Waals surface area contributed by atoms with Crippen molar-refractivity contribution in [2.24, 2.45) is 0 Å². The van der Waals surface area contributed by atoms with E-state index in [1.165, 1.54) is 0 Å². The summed E-state index contributed by atoms with van der Waals surface area (Å²) in [6.45, 7) is 2.22. The third-order valence-electron chi connectivity index (χ3n) is 6.22. The van der Waals surface area contributed by atoms with E-state index in [9.17, 15) is 9.90 Å². The van der Waals surface area contributed by atoms with E-state index < -0.39 is 6.04 Å². The Morgan fingerprint density at radius 1 is 1.00 bits per heavy atom. The van der Waals surface area contributed by atoms with Gasteiger partial charge in [0.1, 0.15) is 18.1 Å². The van der Waals surface area contributed by atoms with E-state index in [1.807, 2.05) is 91.9 Å². The summed E-state index contributed by atoms with van der Waals surface area (Å²) < 4.78 is 5.86. The average Bonchev–Trinajstić information content (AvgIpc) is 3.48. The van der Waals surface area contributed by atoms with Crippen LogP contribution in [0.4, 0.5) is 11.6 Å². The number of aliphatic hydroxyl groups excluding tert-OH is 1. The summed E-state index contributed by atoms with van der Waals surface area (Å²) in [4.78, 5) is 25.0. The standard InChI is InChI=1S/C31H29N5O3/c1-21-17-33-31(34-25-12-14-26(15-13-25)39-20-22-8-4-2-5-9-22)36-29(21)24-16-27(32-18-24)30(38)35-28(19-37)23-10-6-3-7-11-23/h2-18,28,32,37H,19-20H2,1H3,(H,35,38)(H,33,34,36). The molecule has 4 N–H and O–H groups in total. The van der Waals surface area contributed by atoms with Crippen LogP contribution in [0.5, 0.6) is 5.75 Å². The van der Waals surface area contributed by atoms with Crippen molar-refractivity contribution in [3.8, 4) is 17.0 Å². The normalized spacial score (nSPS) is 11.5. The Bertz CT molecular complexity index is 1520. The highest BCUT2D eigenvalue weighted by Gasteiger charge is 2.17. The first kappa shape index (κ1) is 25.7. The second-order valence-electron chi connectivity index (χ2n) is 9.07. The Kier molecular flexibility index (Phi) is 7.95. The molecule has 8 heteroatoms. The van der Waals surface area contributed by atoms with E-state index in [1.54, 1.807) is 18.5 Å². The van der Waals surface area contributed by atoms with Gasteiger partial charge < -0.3 is 25.5 Å². The molecule has 0 spiro atoms. The Morgan fingerprint density at radius 2 is 1.72 bits per heavy atom. The SMILES string of the molecule is Cc1cnc(Nc2ccc(OCc3ccccc3)cc2)nc1-c1c[nH]c(C(=O)NC(CO)c2ccccc2)c1. The molecule has 3 aromatic carbocycles. The number of rotatable bonds is 10. The molecule has 2 heterocycles. The van der Waals surface area contributed by atoms with Crippen LogP contribution in [0.25, 0.3) is 11.3 Å². The maximum absolute atomic E-state index is 12.9. The van der Waals surface area contributed by atoms with E-state index in [-0.39, 0.29) is 12.5 Å². The minimum atomic E-state index is -0.503. The highest BCUT2D eigenvalue weighted by atomic mass is 16.5. The molecule has 39 heavy (non-hydrogen) atoms. The van der Waals surface area contributed by atoms with Gasteiger partial charge in [-0.25, -0.2) is 9.97 Å². The van der Waals surface area contributed by atoms with Gasteiger partial charge in [0, 0.05) is 23.6 Å². The summed E-state index contributed by atoms with van der Waals surface area (Å²) in [5, 5.41) is 15.9. The molecule has 0 fully saturated rings. The number of benzene rings is 3. The highest BCUT2D eigenvalue weighted by molar-refractivity contribution is 5.94. The van der Waals surface area contributed by atoms with Crippen LogP contribution in [0.1, 0.15) is 33.2 Å². The second kappa shape index (κ2) is 12.1. The topological polar surface area (TPSA) is 112 Å². The van der Waals surface area contributed by atoms with E-state index >= 15 is 0 Å². The average molecular weight is 520 g/mol. The van der Waals surface area contributed by atoms with Crippen LogP contribution in [-0.4, -0.2) is 32.6 Å². The number of hydrogen-bond acceptors (Lipinski definition) is 6. The van der Waals surface area contributed by atoms with Crippen LogP contribution in [0.2, 0.25) is 0 Å². The van der Waals surface area contributed by atoms with Crippen molar-refractivity contribution < 1.29 is 14.6 Å². The van der Waals surface area contributed by atoms with Gasteiger partial charge in [-0.15, -0.1) is 0 Å². The fourth-order valence-electron chi connectivity index (χ4n) is 4.12. The summed E-state index contributed by atoms with van der Waals surface area (Å²) >= 11 is 0. The first-order valence-electron chi connectivity index (χ1n) is 12.6. The molecule has 1 atom stereocenters. The molecule has 8 nitrogen and oxygen atoms in total. The quantitative estimate of drug-likeness (QED) is 0.192. The Balaban J connectivity index is 1.25. The number of nitrogens with one attached hydrogen (secondary N) is 3. The lowest BCUT2D eigenvalue weighted by atomic mass is 10.1. The molecule has 1 amide bonds. The summed E-state index contributed by atoms with van der Waals surface area (Å²) in [6.07, 6.45) is 3.48. The van der Waals surface area contributed by atoms with Gasteiger partial charge in [0.2, 0.25) is 5.95 Å². The number of amides is 1. The van der Waals surface area contributed by atoms with Crippen molar-refractivity contribution >= 4 is 17.5 Å². The third kappa shape index (κ3) is 6.49. The summed E-state index contributed by atoms with van der Waals surface area (Å²) in [7, 11) is 0.